The fourth-order valence-corrected chi connectivity index (χ4v) is 6.80. The SMILES string of the molecule is COc1cc(CCCCO[C@@H]2CCN([C@@H](C(=O)O)c3cc(F)ccc3C3CCC4(CC4)CO3)C2)nc2c1CCCN2. The Labute approximate surface area is 241 Å². The first kappa shape index (κ1) is 28.4. The van der Waals surface area contributed by atoms with Gasteiger partial charge >= 0.3 is 5.97 Å². The highest BCUT2D eigenvalue weighted by molar-refractivity contribution is 5.76. The number of likely N-dealkylation sites (tertiary alicyclic amines) is 1. The number of nitrogens with one attached hydrogen (secondary N) is 1. The van der Waals surface area contributed by atoms with E-state index in [9.17, 15) is 14.3 Å². The second-order valence-electron chi connectivity index (χ2n) is 12.3. The summed E-state index contributed by atoms with van der Waals surface area (Å²) in [6.07, 6.45) is 9.64. The van der Waals surface area contributed by atoms with Gasteiger partial charge in [-0.15, -0.1) is 0 Å². The molecule has 0 bridgehead atoms. The summed E-state index contributed by atoms with van der Waals surface area (Å²) in [7, 11) is 1.71. The Kier molecular flexibility index (Phi) is 8.47. The molecule has 4 heterocycles. The zero-order valence-electron chi connectivity index (χ0n) is 24.0. The van der Waals surface area contributed by atoms with E-state index in [0.29, 0.717) is 37.3 Å². The number of hydrogen-bond donors (Lipinski definition) is 2. The number of nitrogens with zero attached hydrogens (tertiary/aromatic N) is 2. The van der Waals surface area contributed by atoms with Crippen LogP contribution in [0.2, 0.25) is 0 Å². The normalized spacial score (nSPS) is 24.0. The van der Waals surface area contributed by atoms with E-state index in [0.717, 1.165) is 80.7 Å². The van der Waals surface area contributed by atoms with Gasteiger partial charge in [0.1, 0.15) is 23.4 Å². The molecule has 4 aliphatic rings. The molecule has 0 amide bonds. The second kappa shape index (κ2) is 12.2. The van der Waals surface area contributed by atoms with E-state index in [1.807, 2.05) is 4.90 Å². The van der Waals surface area contributed by atoms with Crippen molar-refractivity contribution in [2.75, 3.05) is 45.3 Å². The van der Waals surface area contributed by atoms with Crippen LogP contribution in [0.4, 0.5) is 10.2 Å². The number of carboxylic acids is 1. The largest absolute Gasteiger partial charge is 0.496 e. The highest BCUT2D eigenvalue weighted by Gasteiger charge is 2.46. The van der Waals surface area contributed by atoms with Crippen LogP contribution in [0.5, 0.6) is 5.75 Å². The molecule has 8 nitrogen and oxygen atoms in total. The number of carboxylic acid groups (broad SMARTS) is 1. The smallest absolute Gasteiger partial charge is 0.325 e. The fraction of sp³-hybridized carbons (Fsp3) is 0.625. The quantitative estimate of drug-likeness (QED) is 0.346. The summed E-state index contributed by atoms with van der Waals surface area (Å²) in [6.45, 7) is 3.37. The molecule has 1 unspecified atom stereocenters. The van der Waals surface area contributed by atoms with Gasteiger partial charge in [0.2, 0.25) is 0 Å². The number of benzene rings is 1. The van der Waals surface area contributed by atoms with E-state index in [4.69, 9.17) is 19.2 Å². The standard InChI is InChI=1S/C32H42FN3O5/c1-39-28-18-22(35-30-25(28)6-4-14-34-30)5-2-3-16-40-23-10-15-36(19-23)29(31(37)38)26-17-21(33)7-8-24(26)27-9-11-32(12-13-32)20-41-27/h7-8,17-18,23,27,29H,2-6,9-16,19-20H2,1H3,(H,34,35)(H,37,38)/t23-,27?,29-/m1/s1. The van der Waals surface area contributed by atoms with Gasteiger partial charge in [-0.2, -0.15) is 0 Å². The lowest BCUT2D eigenvalue weighted by molar-refractivity contribution is -0.143. The van der Waals surface area contributed by atoms with E-state index in [2.05, 4.69) is 11.4 Å². The minimum atomic E-state index is -0.963. The van der Waals surface area contributed by atoms with Gasteiger partial charge in [-0.3, -0.25) is 9.69 Å². The molecule has 0 radical (unpaired) electrons. The predicted octanol–water partition coefficient (Wildman–Crippen LogP) is 5.46. The van der Waals surface area contributed by atoms with Crippen LogP contribution >= 0.6 is 0 Å². The highest BCUT2D eigenvalue weighted by Crippen LogP contribution is 2.55. The molecular weight excluding hydrogens is 525 g/mol. The van der Waals surface area contributed by atoms with Crippen molar-refractivity contribution in [3.8, 4) is 5.75 Å². The first-order valence-corrected chi connectivity index (χ1v) is 15.2. The van der Waals surface area contributed by atoms with Crippen molar-refractivity contribution in [1.29, 1.82) is 0 Å². The summed E-state index contributed by atoms with van der Waals surface area (Å²) in [4.78, 5) is 19.3. The first-order chi connectivity index (χ1) is 19.9. The van der Waals surface area contributed by atoms with Gasteiger partial charge in [0.15, 0.2) is 0 Å². The van der Waals surface area contributed by atoms with E-state index >= 15 is 0 Å². The number of aromatic nitrogens is 1. The maximum atomic E-state index is 14.4. The number of hydrogen-bond acceptors (Lipinski definition) is 7. The van der Waals surface area contributed by atoms with Gasteiger partial charge in [-0.05, 0) is 92.9 Å². The Morgan fingerprint density at radius 1 is 1.27 bits per heavy atom. The zero-order chi connectivity index (χ0) is 28.4. The molecule has 3 aliphatic heterocycles. The first-order valence-electron chi connectivity index (χ1n) is 15.2. The van der Waals surface area contributed by atoms with E-state index in [1.54, 1.807) is 13.2 Å². The Balaban J connectivity index is 1.02. The van der Waals surface area contributed by atoms with Crippen molar-refractivity contribution in [3.63, 3.8) is 0 Å². The number of rotatable bonds is 11. The molecule has 2 saturated heterocycles. The average Bonchev–Trinajstić information content (AvgIpc) is 3.57. The number of aryl methyl sites for hydroxylation is 1. The molecular formula is C32H42FN3O5. The van der Waals surface area contributed by atoms with Crippen LogP contribution in [0.15, 0.2) is 24.3 Å². The topological polar surface area (TPSA) is 93.2 Å². The molecule has 1 saturated carbocycles. The third kappa shape index (κ3) is 6.37. The summed E-state index contributed by atoms with van der Waals surface area (Å²) in [6, 6.07) is 5.67. The van der Waals surface area contributed by atoms with Gasteiger partial charge in [-0.1, -0.05) is 6.07 Å². The molecule has 2 N–H and O–H groups in total. The maximum absolute atomic E-state index is 14.4. The second-order valence-corrected chi connectivity index (χ2v) is 12.3. The van der Waals surface area contributed by atoms with E-state index in [1.165, 1.54) is 30.5 Å². The summed E-state index contributed by atoms with van der Waals surface area (Å²) < 4.78 is 32.4. The molecule has 222 valence electrons. The van der Waals surface area contributed by atoms with E-state index < -0.39 is 17.8 Å². The lowest BCUT2D eigenvalue weighted by Gasteiger charge is -2.33. The van der Waals surface area contributed by atoms with Crippen molar-refractivity contribution in [1.82, 2.24) is 9.88 Å². The van der Waals surface area contributed by atoms with Crippen molar-refractivity contribution in [2.24, 2.45) is 5.41 Å². The molecule has 3 atom stereocenters. The molecule has 41 heavy (non-hydrogen) atoms. The molecule has 1 aromatic carbocycles. The van der Waals surface area contributed by atoms with Crippen LogP contribution in [0.1, 0.15) is 85.9 Å². The number of methoxy groups -OCH3 is 1. The number of aliphatic carboxylic acids is 1. The van der Waals surface area contributed by atoms with Crippen molar-refractivity contribution >= 4 is 11.8 Å². The summed E-state index contributed by atoms with van der Waals surface area (Å²) >= 11 is 0. The van der Waals surface area contributed by atoms with Crippen molar-refractivity contribution in [2.45, 2.75) is 82.5 Å². The molecule has 6 rings (SSSR count). The molecule has 1 spiro atoms. The number of fused-ring (bicyclic) bond motifs is 1. The van der Waals surface area contributed by atoms with Crippen LogP contribution in [-0.2, 0) is 27.1 Å². The number of pyridine rings is 1. The van der Waals surface area contributed by atoms with Crippen LogP contribution in [0, 0.1) is 11.2 Å². The number of unbranched alkanes of at least 4 members (excludes halogenated alkanes) is 1. The molecule has 3 fully saturated rings. The molecule has 1 aromatic heterocycles. The number of ether oxygens (including phenoxy) is 3. The summed E-state index contributed by atoms with van der Waals surface area (Å²) in [5.41, 5.74) is 3.84. The van der Waals surface area contributed by atoms with Crippen molar-refractivity contribution in [3.05, 3.63) is 52.5 Å². The molecule has 1 aliphatic carbocycles. The van der Waals surface area contributed by atoms with Gasteiger partial charge < -0.3 is 24.6 Å². The van der Waals surface area contributed by atoms with Gasteiger partial charge in [0, 0.05) is 43.6 Å². The van der Waals surface area contributed by atoms with Crippen LogP contribution in [0.3, 0.4) is 0 Å². The minimum Gasteiger partial charge on any atom is -0.496 e. The summed E-state index contributed by atoms with van der Waals surface area (Å²) in [5.74, 6) is 0.479. The van der Waals surface area contributed by atoms with Crippen molar-refractivity contribution < 1.29 is 28.5 Å². The third-order valence-electron chi connectivity index (χ3n) is 9.38. The van der Waals surface area contributed by atoms with Crippen LogP contribution in [-0.4, -0.2) is 67.0 Å². The number of halogens is 1. The fourth-order valence-electron chi connectivity index (χ4n) is 6.80. The number of anilines is 1. The van der Waals surface area contributed by atoms with Gasteiger partial charge in [0.05, 0.1) is 25.9 Å². The lowest BCUT2D eigenvalue weighted by atomic mass is 9.88. The van der Waals surface area contributed by atoms with Gasteiger partial charge in [-0.25, -0.2) is 9.37 Å². The summed E-state index contributed by atoms with van der Waals surface area (Å²) in [5, 5.41) is 13.7. The monoisotopic (exact) mass is 567 g/mol. The Morgan fingerprint density at radius 3 is 2.90 bits per heavy atom. The Hall–Kier alpha value is -2.75. The lowest BCUT2D eigenvalue weighted by Crippen LogP contribution is -2.35. The van der Waals surface area contributed by atoms with Crippen LogP contribution < -0.4 is 10.1 Å². The van der Waals surface area contributed by atoms with Gasteiger partial charge in [0.25, 0.3) is 0 Å². The Morgan fingerprint density at radius 2 is 2.15 bits per heavy atom. The third-order valence-corrected chi connectivity index (χ3v) is 9.38. The average molecular weight is 568 g/mol. The maximum Gasteiger partial charge on any atom is 0.325 e. The van der Waals surface area contributed by atoms with Crippen LogP contribution in [0.25, 0.3) is 0 Å². The predicted molar refractivity (Wildman–Crippen MR) is 153 cm³/mol. The number of carbonyl (C=O) groups is 1. The zero-order valence-corrected chi connectivity index (χ0v) is 24.0. The Bertz CT molecular complexity index is 1220. The molecule has 2 aromatic rings. The minimum absolute atomic E-state index is 0.0410. The van der Waals surface area contributed by atoms with E-state index in [-0.39, 0.29) is 12.2 Å². The molecule has 9 heteroatoms. The highest BCUT2D eigenvalue weighted by atomic mass is 19.1.